The van der Waals surface area contributed by atoms with Crippen molar-refractivity contribution in [1.29, 1.82) is 10.5 Å². The number of carbonyl (C=O) groups is 1. The minimum absolute atomic E-state index is 0.0376. The van der Waals surface area contributed by atoms with E-state index in [1.165, 1.54) is 40.6 Å². The number of hydrogen-bond acceptors (Lipinski definition) is 10. The molecule has 0 aliphatic carbocycles. The van der Waals surface area contributed by atoms with Crippen LogP contribution in [-0.2, 0) is 4.79 Å². The van der Waals surface area contributed by atoms with Crippen molar-refractivity contribution in [3.8, 4) is 46.3 Å². The molecule has 0 saturated heterocycles. The number of hydrogen-bond donors (Lipinski definition) is 2. The summed E-state index contributed by atoms with van der Waals surface area (Å²) >= 11 is 7.12. The second kappa shape index (κ2) is 12.1. The number of methoxy groups -OCH3 is 4. The van der Waals surface area contributed by atoms with Crippen LogP contribution in [0.5, 0.6) is 23.0 Å². The summed E-state index contributed by atoms with van der Waals surface area (Å²) in [5, 5.41) is 23.0. The van der Waals surface area contributed by atoms with Gasteiger partial charge >= 0.3 is 0 Å². The summed E-state index contributed by atoms with van der Waals surface area (Å²) in [4.78, 5) is 17.0. The van der Waals surface area contributed by atoms with Crippen LogP contribution in [0.2, 0.25) is 5.02 Å². The maximum Gasteiger partial charge on any atom is 0.234 e. The predicted molar refractivity (Wildman–Crippen MR) is 141 cm³/mol. The number of nitrogens with zero attached hydrogens (tertiary/aromatic N) is 3. The van der Waals surface area contributed by atoms with Gasteiger partial charge in [0.25, 0.3) is 0 Å². The number of benzene rings is 2. The molecule has 3 N–H and O–H groups in total. The van der Waals surface area contributed by atoms with Gasteiger partial charge in [0.15, 0.2) is 11.5 Å². The van der Waals surface area contributed by atoms with Crippen LogP contribution in [-0.4, -0.2) is 45.1 Å². The summed E-state index contributed by atoms with van der Waals surface area (Å²) in [6.45, 7) is 0. The molecule has 0 spiro atoms. The predicted octanol–water partition coefficient (Wildman–Crippen LogP) is 4.49. The Labute approximate surface area is 222 Å². The zero-order valence-corrected chi connectivity index (χ0v) is 21.9. The van der Waals surface area contributed by atoms with E-state index < -0.39 is 5.91 Å². The van der Waals surface area contributed by atoms with Gasteiger partial charge in [0.05, 0.1) is 50.5 Å². The van der Waals surface area contributed by atoms with Crippen molar-refractivity contribution in [3.05, 3.63) is 46.5 Å². The van der Waals surface area contributed by atoms with Crippen LogP contribution in [0.15, 0.2) is 35.4 Å². The number of rotatable bonds is 9. The first-order valence-corrected chi connectivity index (χ1v) is 11.9. The van der Waals surface area contributed by atoms with E-state index in [4.69, 9.17) is 36.3 Å². The van der Waals surface area contributed by atoms with Gasteiger partial charge in [0.2, 0.25) is 5.91 Å². The molecule has 0 aliphatic heterocycles. The van der Waals surface area contributed by atoms with Crippen molar-refractivity contribution in [2.45, 2.75) is 5.03 Å². The average molecular weight is 540 g/mol. The molecule has 0 radical (unpaired) electrons. The number of amides is 1. The Morgan fingerprint density at radius 2 is 1.62 bits per heavy atom. The summed E-state index contributed by atoms with van der Waals surface area (Å²) in [6, 6.07) is 12.2. The molecular formula is C25H22ClN5O5S. The Bertz CT molecular complexity index is 1430. The number of nitriles is 2. The molecular weight excluding hydrogens is 518 g/mol. The van der Waals surface area contributed by atoms with Crippen molar-refractivity contribution in [2.75, 3.05) is 45.2 Å². The van der Waals surface area contributed by atoms with E-state index in [-0.39, 0.29) is 33.3 Å². The first-order valence-electron chi connectivity index (χ1n) is 10.5. The summed E-state index contributed by atoms with van der Waals surface area (Å²) in [5.41, 5.74) is 7.36. The monoisotopic (exact) mass is 539 g/mol. The Hall–Kier alpha value is -4.32. The second-order valence-corrected chi connectivity index (χ2v) is 8.62. The molecule has 3 rings (SSSR count). The molecule has 190 valence electrons. The zero-order chi connectivity index (χ0) is 27.1. The van der Waals surface area contributed by atoms with Crippen molar-refractivity contribution in [2.24, 2.45) is 0 Å². The summed E-state index contributed by atoms with van der Waals surface area (Å²) in [5.74, 6) is 0.991. The third kappa shape index (κ3) is 5.75. The molecule has 0 saturated carbocycles. The van der Waals surface area contributed by atoms with Crippen molar-refractivity contribution in [1.82, 2.24) is 4.98 Å². The fourth-order valence-electron chi connectivity index (χ4n) is 3.46. The highest BCUT2D eigenvalue weighted by molar-refractivity contribution is 8.00. The lowest BCUT2D eigenvalue weighted by Gasteiger charge is -2.15. The number of nitrogen functional groups attached to an aromatic ring is 1. The third-order valence-electron chi connectivity index (χ3n) is 5.18. The number of nitrogens with two attached hydrogens (primary N) is 1. The lowest BCUT2D eigenvalue weighted by atomic mass is 9.96. The van der Waals surface area contributed by atoms with E-state index in [0.717, 1.165) is 11.8 Å². The fourth-order valence-corrected chi connectivity index (χ4v) is 4.49. The van der Waals surface area contributed by atoms with E-state index in [0.29, 0.717) is 39.3 Å². The minimum atomic E-state index is -0.408. The number of carbonyl (C=O) groups excluding carboxylic acids is 1. The van der Waals surface area contributed by atoms with Crippen LogP contribution >= 0.6 is 23.4 Å². The van der Waals surface area contributed by atoms with E-state index >= 15 is 0 Å². The number of nitrogens with one attached hydrogen (secondary N) is 1. The minimum Gasteiger partial charge on any atom is -0.495 e. The Morgan fingerprint density at radius 3 is 2.22 bits per heavy atom. The van der Waals surface area contributed by atoms with Crippen LogP contribution < -0.4 is 30.0 Å². The molecule has 2 aromatic carbocycles. The van der Waals surface area contributed by atoms with Crippen molar-refractivity contribution < 1.29 is 23.7 Å². The van der Waals surface area contributed by atoms with E-state index in [1.54, 1.807) is 18.2 Å². The standard InChI is InChI=1S/C25H22ClN5O5S/c1-33-18-6-5-13(7-21(18)36-4)23-14(10-27)24(29)31-25(15(23)11-28)37-12-22(32)30-17-9-19(34-2)16(26)8-20(17)35-3/h5-9H,12H2,1-4H3,(H2,29,31)(H,30,32). The van der Waals surface area contributed by atoms with Gasteiger partial charge in [-0.2, -0.15) is 10.5 Å². The highest BCUT2D eigenvalue weighted by Gasteiger charge is 2.22. The maximum atomic E-state index is 12.8. The largest absolute Gasteiger partial charge is 0.495 e. The molecule has 3 aromatic rings. The normalized spacial score (nSPS) is 10.1. The van der Waals surface area contributed by atoms with E-state index in [1.807, 2.05) is 6.07 Å². The molecule has 1 aromatic heterocycles. The highest BCUT2D eigenvalue weighted by atomic mass is 35.5. The number of thioether (sulfide) groups is 1. The lowest BCUT2D eigenvalue weighted by Crippen LogP contribution is -2.15. The van der Waals surface area contributed by atoms with E-state index in [9.17, 15) is 15.3 Å². The summed E-state index contributed by atoms with van der Waals surface area (Å²) in [6.07, 6.45) is 0. The molecule has 37 heavy (non-hydrogen) atoms. The number of aromatic nitrogens is 1. The van der Waals surface area contributed by atoms with Gasteiger partial charge < -0.3 is 30.0 Å². The molecule has 0 bridgehead atoms. The zero-order valence-electron chi connectivity index (χ0n) is 20.3. The Kier molecular flexibility index (Phi) is 8.90. The molecule has 12 heteroatoms. The van der Waals surface area contributed by atoms with Gasteiger partial charge in [0.1, 0.15) is 40.0 Å². The number of anilines is 2. The molecule has 0 aliphatic rings. The van der Waals surface area contributed by atoms with Crippen LogP contribution in [0, 0.1) is 22.7 Å². The SMILES string of the molecule is COc1cc(NC(=O)CSc2nc(N)c(C#N)c(-c3ccc(OC)c(OC)c3)c2C#N)c(OC)cc1Cl. The topological polar surface area (TPSA) is 153 Å². The average Bonchev–Trinajstić information content (AvgIpc) is 2.91. The van der Waals surface area contributed by atoms with Gasteiger partial charge in [-0.1, -0.05) is 29.4 Å². The molecule has 0 atom stereocenters. The van der Waals surface area contributed by atoms with Gasteiger partial charge in [-0.15, -0.1) is 0 Å². The second-order valence-electron chi connectivity index (χ2n) is 7.24. The number of ether oxygens (including phenoxy) is 4. The van der Waals surface area contributed by atoms with Gasteiger partial charge in [0, 0.05) is 17.7 Å². The van der Waals surface area contributed by atoms with Crippen LogP contribution in [0.4, 0.5) is 11.5 Å². The third-order valence-corrected chi connectivity index (χ3v) is 6.45. The molecule has 1 heterocycles. The summed E-state index contributed by atoms with van der Waals surface area (Å²) in [7, 11) is 5.87. The van der Waals surface area contributed by atoms with Crippen LogP contribution in [0.3, 0.4) is 0 Å². The van der Waals surface area contributed by atoms with Gasteiger partial charge in [-0.3, -0.25) is 4.79 Å². The maximum absolute atomic E-state index is 12.8. The first kappa shape index (κ1) is 27.3. The molecule has 1 amide bonds. The lowest BCUT2D eigenvalue weighted by molar-refractivity contribution is -0.113. The highest BCUT2D eigenvalue weighted by Crippen LogP contribution is 2.40. The van der Waals surface area contributed by atoms with E-state index in [2.05, 4.69) is 16.4 Å². The smallest absolute Gasteiger partial charge is 0.234 e. The van der Waals surface area contributed by atoms with Crippen LogP contribution in [0.25, 0.3) is 11.1 Å². The number of pyridine rings is 1. The number of halogens is 1. The quantitative estimate of drug-likeness (QED) is 0.372. The first-order chi connectivity index (χ1) is 17.8. The van der Waals surface area contributed by atoms with Crippen molar-refractivity contribution >= 4 is 40.8 Å². The Balaban J connectivity index is 1.96. The van der Waals surface area contributed by atoms with Gasteiger partial charge in [-0.05, 0) is 17.7 Å². The van der Waals surface area contributed by atoms with Crippen LogP contribution in [0.1, 0.15) is 11.1 Å². The van der Waals surface area contributed by atoms with Gasteiger partial charge in [-0.25, -0.2) is 4.98 Å². The molecule has 0 fully saturated rings. The van der Waals surface area contributed by atoms with Crippen molar-refractivity contribution in [3.63, 3.8) is 0 Å². The summed E-state index contributed by atoms with van der Waals surface area (Å²) < 4.78 is 21.1. The molecule has 0 unspecified atom stereocenters. The Morgan fingerprint density at radius 1 is 0.973 bits per heavy atom. The molecule has 10 nitrogen and oxygen atoms in total. The fraction of sp³-hybridized carbons (Fsp3) is 0.200.